The van der Waals surface area contributed by atoms with Gasteiger partial charge in [0, 0.05) is 18.5 Å². The molecule has 20 heavy (non-hydrogen) atoms. The molecule has 0 bridgehead atoms. The molecule has 0 spiro atoms. The summed E-state index contributed by atoms with van der Waals surface area (Å²) in [5.41, 5.74) is 0.306. The number of nitrogens with zero attached hydrogens (tertiary/aromatic N) is 1. The second-order valence-corrected chi connectivity index (χ2v) is 6.13. The fourth-order valence-corrected chi connectivity index (χ4v) is 3.11. The maximum atomic E-state index is 13.9. The monoisotopic (exact) mass is 277 g/mol. The summed E-state index contributed by atoms with van der Waals surface area (Å²) in [6.07, 6.45) is 5.13. The molecule has 1 aromatic carbocycles. The number of para-hydroxylation sites is 1. The van der Waals surface area contributed by atoms with Crippen molar-refractivity contribution >= 4 is 12.0 Å². The van der Waals surface area contributed by atoms with E-state index in [1.807, 2.05) is 17.9 Å². The van der Waals surface area contributed by atoms with E-state index >= 15 is 0 Å². The van der Waals surface area contributed by atoms with Crippen molar-refractivity contribution < 1.29 is 9.18 Å². The van der Waals surface area contributed by atoms with Gasteiger partial charge in [-0.15, -0.1) is 0 Å². The number of halogens is 1. The number of anilines is 1. The third-order valence-electron chi connectivity index (χ3n) is 4.60. The van der Waals surface area contributed by atoms with Gasteiger partial charge in [-0.1, -0.05) is 19.1 Å². The lowest BCUT2D eigenvalue weighted by atomic mass is 9.71. The maximum Gasteiger partial charge on any atom is 0.146 e. The van der Waals surface area contributed by atoms with Crippen LogP contribution in [0, 0.1) is 17.2 Å². The molecule has 1 fully saturated rings. The number of benzene rings is 1. The van der Waals surface area contributed by atoms with Gasteiger partial charge in [-0.2, -0.15) is 0 Å². The zero-order chi connectivity index (χ0) is 14.6. The average Bonchev–Trinajstić information content (AvgIpc) is 2.48. The first kappa shape index (κ1) is 15.0. The molecule has 2 nitrogen and oxygen atoms in total. The number of aldehydes is 1. The van der Waals surface area contributed by atoms with E-state index in [4.69, 9.17) is 0 Å². The molecule has 110 valence electrons. The Kier molecular flexibility index (Phi) is 4.79. The van der Waals surface area contributed by atoms with Crippen molar-refractivity contribution in [3.8, 4) is 0 Å². The fourth-order valence-electron chi connectivity index (χ4n) is 3.11. The summed E-state index contributed by atoms with van der Waals surface area (Å²) in [4.78, 5) is 13.6. The van der Waals surface area contributed by atoms with E-state index < -0.39 is 0 Å². The molecule has 0 aromatic heterocycles. The van der Waals surface area contributed by atoms with E-state index in [-0.39, 0.29) is 11.2 Å². The predicted octanol–water partition coefficient (Wildman–Crippen LogP) is 4.05. The Hall–Kier alpha value is -1.38. The van der Waals surface area contributed by atoms with Gasteiger partial charge in [-0.05, 0) is 50.7 Å². The molecular weight excluding hydrogens is 253 g/mol. The van der Waals surface area contributed by atoms with Crippen molar-refractivity contribution in [2.75, 3.05) is 18.0 Å². The average molecular weight is 277 g/mol. The number of rotatable bonds is 5. The predicted molar refractivity (Wildman–Crippen MR) is 80.4 cm³/mol. The highest BCUT2D eigenvalue weighted by Crippen LogP contribution is 2.38. The summed E-state index contributed by atoms with van der Waals surface area (Å²) >= 11 is 0. The molecule has 1 aliphatic carbocycles. The quantitative estimate of drug-likeness (QED) is 0.757. The highest BCUT2D eigenvalue weighted by Gasteiger charge is 2.35. The molecule has 1 saturated carbocycles. The van der Waals surface area contributed by atoms with Gasteiger partial charge in [0.2, 0.25) is 0 Å². The molecule has 0 amide bonds. The molecule has 0 N–H and O–H groups in total. The van der Waals surface area contributed by atoms with Gasteiger partial charge in [0.05, 0.1) is 5.69 Å². The van der Waals surface area contributed by atoms with Crippen LogP contribution in [0.3, 0.4) is 0 Å². The third-order valence-corrected chi connectivity index (χ3v) is 4.60. The van der Waals surface area contributed by atoms with E-state index in [0.29, 0.717) is 24.7 Å². The largest absolute Gasteiger partial charge is 0.368 e. The molecule has 3 heteroatoms. The molecule has 2 rings (SSSR count). The van der Waals surface area contributed by atoms with Crippen LogP contribution >= 0.6 is 0 Å². The van der Waals surface area contributed by atoms with Crippen LogP contribution in [0.25, 0.3) is 0 Å². The Bertz CT molecular complexity index is 452. The Labute approximate surface area is 121 Å². The van der Waals surface area contributed by atoms with Gasteiger partial charge in [0.15, 0.2) is 0 Å². The number of carbonyl (C=O) groups excluding carboxylic acids is 1. The Morgan fingerprint density at radius 1 is 1.35 bits per heavy atom. The topological polar surface area (TPSA) is 20.3 Å². The van der Waals surface area contributed by atoms with Crippen LogP contribution in [0.5, 0.6) is 0 Å². The molecule has 0 heterocycles. The van der Waals surface area contributed by atoms with Crippen molar-refractivity contribution in [3.05, 3.63) is 30.1 Å². The lowest BCUT2D eigenvalue weighted by molar-refractivity contribution is -0.117. The number of hydrogen-bond donors (Lipinski definition) is 0. The minimum Gasteiger partial charge on any atom is -0.368 e. The minimum atomic E-state index is -0.301. The summed E-state index contributed by atoms with van der Waals surface area (Å²) in [5, 5.41) is 0. The van der Waals surface area contributed by atoms with Gasteiger partial charge in [-0.25, -0.2) is 4.39 Å². The van der Waals surface area contributed by atoms with Crippen molar-refractivity contribution in [2.45, 2.75) is 39.5 Å². The molecule has 1 aromatic rings. The van der Waals surface area contributed by atoms with Crippen LogP contribution in [0.4, 0.5) is 10.1 Å². The standard InChI is InChI=1S/C17H24FNO/c1-3-19(16-7-5-4-6-15(16)18)12-17(13-20)10-8-14(2)9-11-17/h4-7,13-14H,3,8-12H2,1-2H3. The summed E-state index contributed by atoms with van der Waals surface area (Å²) in [5.74, 6) is 0.492. The SMILES string of the molecule is CCN(CC1(C=O)CCC(C)CC1)c1ccccc1F. The summed E-state index contributed by atoms with van der Waals surface area (Å²) in [7, 11) is 0. The molecular formula is C17H24FNO. The van der Waals surface area contributed by atoms with Crippen LogP contribution in [-0.2, 0) is 4.79 Å². The number of hydrogen-bond acceptors (Lipinski definition) is 2. The third kappa shape index (κ3) is 3.20. The highest BCUT2D eigenvalue weighted by molar-refractivity contribution is 5.62. The minimum absolute atomic E-state index is 0.209. The summed E-state index contributed by atoms with van der Waals surface area (Å²) < 4.78 is 13.9. The van der Waals surface area contributed by atoms with E-state index in [1.54, 1.807) is 12.1 Å². The van der Waals surface area contributed by atoms with Crippen LogP contribution < -0.4 is 4.90 Å². The van der Waals surface area contributed by atoms with Crippen LogP contribution in [0.15, 0.2) is 24.3 Å². The van der Waals surface area contributed by atoms with Crippen LogP contribution in [0.1, 0.15) is 39.5 Å². The first-order chi connectivity index (χ1) is 9.60. The number of carbonyl (C=O) groups is 1. The normalized spacial score (nSPS) is 26.2. The van der Waals surface area contributed by atoms with Gasteiger partial charge < -0.3 is 9.69 Å². The van der Waals surface area contributed by atoms with Crippen LogP contribution in [0.2, 0.25) is 0 Å². The van der Waals surface area contributed by atoms with Crippen molar-refractivity contribution in [2.24, 2.45) is 11.3 Å². The second kappa shape index (κ2) is 6.38. The molecule has 0 saturated heterocycles. The summed E-state index contributed by atoms with van der Waals surface area (Å²) in [6.45, 7) is 5.59. The molecule has 0 atom stereocenters. The van der Waals surface area contributed by atoms with E-state index in [9.17, 15) is 9.18 Å². The van der Waals surface area contributed by atoms with Gasteiger partial charge in [0.25, 0.3) is 0 Å². The second-order valence-electron chi connectivity index (χ2n) is 6.13. The van der Waals surface area contributed by atoms with E-state index in [1.165, 1.54) is 6.07 Å². The molecule has 0 radical (unpaired) electrons. The Morgan fingerprint density at radius 3 is 2.55 bits per heavy atom. The van der Waals surface area contributed by atoms with Crippen molar-refractivity contribution in [1.82, 2.24) is 0 Å². The molecule has 0 unspecified atom stereocenters. The molecule has 1 aliphatic rings. The zero-order valence-corrected chi connectivity index (χ0v) is 12.4. The van der Waals surface area contributed by atoms with Gasteiger partial charge in [0.1, 0.15) is 12.1 Å². The molecule has 0 aliphatic heterocycles. The first-order valence-electron chi connectivity index (χ1n) is 7.56. The fraction of sp³-hybridized carbons (Fsp3) is 0.588. The Morgan fingerprint density at radius 2 is 2.00 bits per heavy atom. The summed E-state index contributed by atoms with van der Waals surface area (Å²) in [6, 6.07) is 6.82. The van der Waals surface area contributed by atoms with Crippen molar-refractivity contribution in [1.29, 1.82) is 0 Å². The van der Waals surface area contributed by atoms with E-state index in [0.717, 1.165) is 32.0 Å². The highest BCUT2D eigenvalue weighted by atomic mass is 19.1. The van der Waals surface area contributed by atoms with Crippen molar-refractivity contribution in [3.63, 3.8) is 0 Å². The lowest BCUT2D eigenvalue weighted by Crippen LogP contribution is -2.41. The van der Waals surface area contributed by atoms with Crippen LogP contribution in [-0.4, -0.2) is 19.4 Å². The van der Waals surface area contributed by atoms with E-state index in [2.05, 4.69) is 6.92 Å². The smallest absolute Gasteiger partial charge is 0.146 e. The van der Waals surface area contributed by atoms with Gasteiger partial charge >= 0.3 is 0 Å². The zero-order valence-electron chi connectivity index (χ0n) is 12.4. The van der Waals surface area contributed by atoms with Gasteiger partial charge in [-0.3, -0.25) is 0 Å². The first-order valence-corrected chi connectivity index (χ1v) is 7.56. The Balaban J connectivity index is 2.16. The lowest BCUT2D eigenvalue weighted by Gasteiger charge is -2.39. The maximum absolute atomic E-state index is 13.9.